The van der Waals surface area contributed by atoms with Crippen LogP contribution in [-0.4, -0.2) is 46.2 Å². The quantitative estimate of drug-likeness (QED) is 0.640. The molecule has 3 rings (SSSR count). The molecule has 0 unspecified atom stereocenters. The molecule has 1 aromatic carbocycles. The molecule has 2 aromatic rings. The minimum atomic E-state index is -0.129. The van der Waals surface area contributed by atoms with E-state index in [1.165, 1.54) is 0 Å². The maximum atomic E-state index is 12.1. The van der Waals surface area contributed by atoms with Crippen molar-refractivity contribution in [1.82, 2.24) is 25.4 Å². The maximum Gasteiger partial charge on any atom is 0.251 e. The van der Waals surface area contributed by atoms with Gasteiger partial charge in [0.1, 0.15) is 0 Å². The van der Waals surface area contributed by atoms with Crippen LogP contribution < -0.4 is 16.0 Å². The topological polar surface area (TPSA) is 101 Å². The first kappa shape index (κ1) is 19.0. The second kappa shape index (κ2) is 9.27. The van der Waals surface area contributed by atoms with Crippen molar-refractivity contribution in [3.05, 3.63) is 41.7 Å². The van der Waals surface area contributed by atoms with E-state index < -0.39 is 0 Å². The molecular weight excluding hydrogens is 344 g/mol. The van der Waals surface area contributed by atoms with E-state index in [0.717, 1.165) is 31.8 Å². The Bertz CT molecular complexity index is 768. The maximum absolute atomic E-state index is 12.1. The number of aromatic nitrogens is 3. The first-order chi connectivity index (χ1) is 13.1. The second-order valence-corrected chi connectivity index (χ2v) is 6.72. The highest BCUT2D eigenvalue weighted by Gasteiger charge is 2.21. The van der Waals surface area contributed by atoms with Crippen LogP contribution in [0.2, 0.25) is 0 Å². The van der Waals surface area contributed by atoms with Gasteiger partial charge in [0.15, 0.2) is 5.82 Å². The fourth-order valence-corrected chi connectivity index (χ4v) is 3.10. The van der Waals surface area contributed by atoms with Crippen LogP contribution in [0.25, 0.3) is 0 Å². The van der Waals surface area contributed by atoms with E-state index in [-0.39, 0.29) is 11.8 Å². The number of carbonyl (C=O) groups excluding carboxylic acids is 2. The summed E-state index contributed by atoms with van der Waals surface area (Å²) in [6.07, 6.45) is 2.89. The number of carbonyl (C=O) groups is 2. The van der Waals surface area contributed by atoms with Crippen molar-refractivity contribution in [3.63, 3.8) is 0 Å². The molecular formula is C19H26N6O2. The van der Waals surface area contributed by atoms with Crippen molar-refractivity contribution in [2.24, 2.45) is 7.05 Å². The summed E-state index contributed by atoms with van der Waals surface area (Å²) < 4.78 is 1.62. The minimum absolute atomic E-state index is 0.128. The number of anilines is 1. The molecule has 1 aromatic heterocycles. The third-order valence-corrected chi connectivity index (χ3v) is 4.64. The summed E-state index contributed by atoms with van der Waals surface area (Å²) in [4.78, 5) is 28.6. The lowest BCUT2D eigenvalue weighted by atomic mass is 9.98. The number of hydrogen-bond acceptors (Lipinski definition) is 5. The number of amides is 2. The average Bonchev–Trinajstić information content (AvgIpc) is 3.07. The molecule has 2 heterocycles. The van der Waals surface area contributed by atoms with Gasteiger partial charge in [0.05, 0.1) is 0 Å². The van der Waals surface area contributed by atoms with Crippen molar-refractivity contribution in [3.8, 4) is 0 Å². The lowest BCUT2D eigenvalue weighted by Gasteiger charge is -2.19. The molecule has 0 spiro atoms. The van der Waals surface area contributed by atoms with E-state index >= 15 is 0 Å². The summed E-state index contributed by atoms with van der Waals surface area (Å²) in [5.41, 5.74) is 0.617. The first-order valence-electron chi connectivity index (χ1n) is 9.38. The monoisotopic (exact) mass is 370 g/mol. The van der Waals surface area contributed by atoms with Gasteiger partial charge in [-0.15, -0.1) is 0 Å². The summed E-state index contributed by atoms with van der Waals surface area (Å²) in [5.74, 6) is 1.36. The van der Waals surface area contributed by atoms with Gasteiger partial charge in [-0.2, -0.15) is 10.1 Å². The van der Waals surface area contributed by atoms with Crippen LogP contribution in [0.3, 0.4) is 0 Å². The van der Waals surface area contributed by atoms with Gasteiger partial charge in [-0.1, -0.05) is 18.2 Å². The molecule has 144 valence electrons. The van der Waals surface area contributed by atoms with Gasteiger partial charge in [0.2, 0.25) is 11.9 Å². The largest absolute Gasteiger partial charge is 0.352 e. The van der Waals surface area contributed by atoms with Gasteiger partial charge in [-0.3, -0.25) is 14.9 Å². The van der Waals surface area contributed by atoms with Gasteiger partial charge in [0, 0.05) is 31.5 Å². The average molecular weight is 370 g/mol. The predicted octanol–water partition coefficient (Wildman–Crippen LogP) is 1.43. The molecule has 0 radical (unpaired) electrons. The van der Waals surface area contributed by atoms with Crippen LogP contribution in [0.1, 0.15) is 47.8 Å². The number of nitrogens with zero attached hydrogens (tertiary/aromatic N) is 3. The Hall–Kier alpha value is -2.74. The van der Waals surface area contributed by atoms with Gasteiger partial charge >= 0.3 is 0 Å². The summed E-state index contributed by atoms with van der Waals surface area (Å²) in [7, 11) is 1.78. The zero-order valence-electron chi connectivity index (χ0n) is 15.6. The standard InChI is InChI=1S/C19H26N6O2/c1-25-19(23-17(24-25)14-9-12-20-13-10-14)22-16(26)8-5-11-21-18(27)15-6-3-2-4-7-15/h2-4,6-7,14,20H,5,8-13H2,1H3,(H,21,27)(H,22,23,24,26). The summed E-state index contributed by atoms with van der Waals surface area (Å²) in [6, 6.07) is 9.03. The lowest BCUT2D eigenvalue weighted by Crippen LogP contribution is -2.27. The zero-order valence-corrected chi connectivity index (χ0v) is 15.6. The molecule has 1 saturated heterocycles. The summed E-state index contributed by atoms with van der Waals surface area (Å²) in [5, 5.41) is 13.4. The minimum Gasteiger partial charge on any atom is -0.352 e. The van der Waals surface area contributed by atoms with Crippen molar-refractivity contribution in [2.45, 2.75) is 31.6 Å². The van der Waals surface area contributed by atoms with E-state index in [2.05, 4.69) is 26.0 Å². The Morgan fingerprint density at radius 1 is 1.22 bits per heavy atom. The number of hydrogen-bond donors (Lipinski definition) is 3. The predicted molar refractivity (Wildman–Crippen MR) is 102 cm³/mol. The van der Waals surface area contributed by atoms with Crippen molar-refractivity contribution < 1.29 is 9.59 Å². The summed E-state index contributed by atoms with van der Waals surface area (Å²) in [6.45, 7) is 2.39. The van der Waals surface area contributed by atoms with Gasteiger partial charge in [-0.05, 0) is 44.5 Å². The molecule has 1 aliphatic heterocycles. The third kappa shape index (κ3) is 5.37. The molecule has 0 bridgehead atoms. The van der Waals surface area contributed by atoms with Crippen LogP contribution in [0.15, 0.2) is 30.3 Å². The summed E-state index contributed by atoms with van der Waals surface area (Å²) >= 11 is 0. The molecule has 8 nitrogen and oxygen atoms in total. The Balaban J connectivity index is 1.41. The molecule has 1 fully saturated rings. The molecule has 3 N–H and O–H groups in total. The number of piperidine rings is 1. The fraction of sp³-hybridized carbons (Fsp3) is 0.474. The molecule has 2 amide bonds. The van der Waals surface area contributed by atoms with Crippen LogP contribution in [0, 0.1) is 0 Å². The number of benzene rings is 1. The molecule has 0 atom stereocenters. The van der Waals surface area contributed by atoms with Gasteiger partial charge in [-0.25, -0.2) is 4.68 Å². The highest BCUT2D eigenvalue weighted by atomic mass is 16.2. The van der Waals surface area contributed by atoms with Crippen LogP contribution in [0.4, 0.5) is 5.95 Å². The number of aryl methyl sites for hydroxylation is 1. The van der Waals surface area contributed by atoms with Gasteiger partial charge < -0.3 is 10.6 Å². The normalized spacial score (nSPS) is 14.7. The third-order valence-electron chi connectivity index (χ3n) is 4.64. The number of nitrogens with one attached hydrogen (secondary N) is 3. The fourth-order valence-electron chi connectivity index (χ4n) is 3.10. The van der Waals surface area contributed by atoms with E-state index in [9.17, 15) is 9.59 Å². The second-order valence-electron chi connectivity index (χ2n) is 6.72. The highest BCUT2D eigenvalue weighted by Crippen LogP contribution is 2.23. The van der Waals surface area contributed by atoms with Crippen molar-refractivity contribution in [1.29, 1.82) is 0 Å². The molecule has 0 saturated carbocycles. The molecule has 1 aliphatic rings. The Labute approximate surface area is 158 Å². The van der Waals surface area contributed by atoms with Crippen LogP contribution >= 0.6 is 0 Å². The van der Waals surface area contributed by atoms with Crippen molar-refractivity contribution in [2.75, 3.05) is 25.0 Å². The lowest BCUT2D eigenvalue weighted by molar-refractivity contribution is -0.116. The van der Waals surface area contributed by atoms with Crippen LogP contribution in [-0.2, 0) is 11.8 Å². The Morgan fingerprint density at radius 2 is 1.96 bits per heavy atom. The molecule has 8 heteroatoms. The molecule has 0 aliphatic carbocycles. The van der Waals surface area contributed by atoms with E-state index in [4.69, 9.17) is 0 Å². The molecule has 27 heavy (non-hydrogen) atoms. The van der Waals surface area contributed by atoms with E-state index in [0.29, 0.717) is 36.8 Å². The number of rotatable bonds is 7. The smallest absolute Gasteiger partial charge is 0.251 e. The van der Waals surface area contributed by atoms with E-state index in [1.807, 2.05) is 18.2 Å². The van der Waals surface area contributed by atoms with Crippen molar-refractivity contribution >= 4 is 17.8 Å². The highest BCUT2D eigenvalue weighted by molar-refractivity contribution is 5.94. The SMILES string of the molecule is Cn1nc(C2CCNCC2)nc1NC(=O)CCCNC(=O)c1ccccc1. The van der Waals surface area contributed by atoms with Gasteiger partial charge in [0.25, 0.3) is 5.91 Å². The zero-order chi connectivity index (χ0) is 19.1. The van der Waals surface area contributed by atoms with Crippen LogP contribution in [0.5, 0.6) is 0 Å². The first-order valence-corrected chi connectivity index (χ1v) is 9.38. The Kier molecular flexibility index (Phi) is 6.54. The van der Waals surface area contributed by atoms with E-state index in [1.54, 1.807) is 23.9 Å². The Morgan fingerprint density at radius 3 is 2.70 bits per heavy atom.